The first-order chi connectivity index (χ1) is 12.6. The van der Waals surface area contributed by atoms with Gasteiger partial charge in [-0.25, -0.2) is 0 Å². The molecular weight excluding hydrogens is 366 g/mol. The average Bonchev–Trinajstić information content (AvgIpc) is 3.07. The summed E-state index contributed by atoms with van der Waals surface area (Å²) >= 11 is 0. The molecule has 3 rings (SSSR count). The fourth-order valence-electron chi connectivity index (χ4n) is 3.98. The lowest BCUT2D eigenvalue weighted by Gasteiger charge is -2.34. The van der Waals surface area contributed by atoms with E-state index in [0.717, 1.165) is 25.8 Å². The van der Waals surface area contributed by atoms with Crippen LogP contribution in [0.2, 0.25) is 0 Å². The van der Waals surface area contributed by atoms with E-state index in [1.807, 2.05) is 40.1 Å². The fraction of sp³-hybridized carbons (Fsp3) is 0.600. The van der Waals surface area contributed by atoms with Crippen LogP contribution in [-0.2, 0) is 9.59 Å². The third-order valence-electron chi connectivity index (χ3n) is 5.58. The van der Waals surface area contributed by atoms with Gasteiger partial charge in [-0.1, -0.05) is 18.2 Å². The quantitative estimate of drug-likeness (QED) is 0.826. The van der Waals surface area contributed by atoms with E-state index in [1.54, 1.807) is 0 Å². The molecule has 150 valence electrons. The standard InChI is InChI=1S/C20H29N3O3.ClH/c1-15-11-16(12-21)13-23(15)20(25)17-7-9-22(10-8-17)19(24)14-26-18-5-3-2-4-6-18;/h2-6,15-17H,7-14,21H2,1H3;1H. The number of carbonyl (C=O) groups excluding carboxylic acids is 2. The summed E-state index contributed by atoms with van der Waals surface area (Å²) in [5, 5.41) is 0. The van der Waals surface area contributed by atoms with Crippen molar-refractivity contribution in [2.45, 2.75) is 32.2 Å². The lowest BCUT2D eigenvalue weighted by Crippen LogP contribution is -2.46. The van der Waals surface area contributed by atoms with E-state index >= 15 is 0 Å². The Kier molecular flexibility index (Phi) is 7.92. The van der Waals surface area contributed by atoms with E-state index in [9.17, 15) is 9.59 Å². The van der Waals surface area contributed by atoms with Crippen LogP contribution in [0.4, 0.5) is 0 Å². The minimum Gasteiger partial charge on any atom is -0.484 e. The number of amides is 2. The summed E-state index contributed by atoms with van der Waals surface area (Å²) in [4.78, 5) is 29.0. The van der Waals surface area contributed by atoms with Gasteiger partial charge in [0.1, 0.15) is 5.75 Å². The maximum atomic E-state index is 12.8. The Balaban J connectivity index is 0.00000261. The normalized spacial score (nSPS) is 23.0. The van der Waals surface area contributed by atoms with E-state index in [0.29, 0.717) is 31.3 Å². The predicted molar refractivity (Wildman–Crippen MR) is 107 cm³/mol. The number of halogens is 1. The van der Waals surface area contributed by atoms with Crippen molar-refractivity contribution in [3.63, 3.8) is 0 Å². The summed E-state index contributed by atoms with van der Waals surface area (Å²) in [5.74, 6) is 1.36. The lowest BCUT2D eigenvalue weighted by atomic mass is 9.95. The van der Waals surface area contributed by atoms with Crippen LogP contribution in [0.25, 0.3) is 0 Å². The van der Waals surface area contributed by atoms with Crippen LogP contribution in [0.3, 0.4) is 0 Å². The summed E-state index contributed by atoms with van der Waals surface area (Å²) in [6.45, 7) is 4.81. The van der Waals surface area contributed by atoms with Crippen LogP contribution >= 0.6 is 12.4 Å². The first kappa shape index (κ1) is 21.5. The van der Waals surface area contributed by atoms with Crippen molar-refractivity contribution in [1.29, 1.82) is 0 Å². The second kappa shape index (κ2) is 9.95. The lowest BCUT2D eigenvalue weighted by molar-refractivity contribution is -0.142. The van der Waals surface area contributed by atoms with E-state index in [4.69, 9.17) is 10.5 Å². The van der Waals surface area contributed by atoms with Crippen molar-refractivity contribution < 1.29 is 14.3 Å². The van der Waals surface area contributed by atoms with Crippen LogP contribution in [0.1, 0.15) is 26.2 Å². The largest absolute Gasteiger partial charge is 0.484 e. The molecule has 1 aromatic rings. The van der Waals surface area contributed by atoms with Crippen LogP contribution in [0, 0.1) is 11.8 Å². The minimum atomic E-state index is -0.0162. The van der Waals surface area contributed by atoms with Gasteiger partial charge in [-0.05, 0) is 50.8 Å². The SMILES string of the molecule is CC1CC(CN)CN1C(=O)C1CCN(C(=O)COc2ccccc2)CC1.Cl. The highest BCUT2D eigenvalue weighted by molar-refractivity contribution is 5.85. The third-order valence-corrected chi connectivity index (χ3v) is 5.58. The summed E-state index contributed by atoms with van der Waals surface area (Å²) in [6, 6.07) is 9.62. The number of piperidine rings is 1. The van der Waals surface area contributed by atoms with E-state index < -0.39 is 0 Å². The van der Waals surface area contributed by atoms with Gasteiger partial charge >= 0.3 is 0 Å². The maximum absolute atomic E-state index is 12.8. The zero-order chi connectivity index (χ0) is 18.5. The molecule has 0 radical (unpaired) electrons. The molecule has 2 amide bonds. The number of hydrogen-bond donors (Lipinski definition) is 1. The average molecular weight is 396 g/mol. The van der Waals surface area contributed by atoms with Gasteiger partial charge in [0, 0.05) is 31.6 Å². The fourth-order valence-corrected chi connectivity index (χ4v) is 3.98. The van der Waals surface area contributed by atoms with Gasteiger partial charge in [0.2, 0.25) is 5.91 Å². The van der Waals surface area contributed by atoms with Crippen molar-refractivity contribution in [2.75, 3.05) is 32.8 Å². The van der Waals surface area contributed by atoms with Crippen molar-refractivity contribution in [1.82, 2.24) is 9.80 Å². The summed E-state index contributed by atoms with van der Waals surface area (Å²) in [6.07, 6.45) is 2.45. The number of benzene rings is 1. The molecular formula is C20H30ClN3O3. The molecule has 2 saturated heterocycles. The molecule has 0 aromatic heterocycles. The number of nitrogens with two attached hydrogens (primary N) is 1. The molecule has 2 N–H and O–H groups in total. The highest BCUT2D eigenvalue weighted by atomic mass is 35.5. The number of hydrogen-bond acceptors (Lipinski definition) is 4. The molecule has 1 aromatic carbocycles. The molecule has 2 atom stereocenters. The van der Waals surface area contributed by atoms with Crippen molar-refractivity contribution in [3.05, 3.63) is 30.3 Å². The Morgan fingerprint density at radius 3 is 2.44 bits per heavy atom. The Morgan fingerprint density at radius 2 is 1.85 bits per heavy atom. The summed E-state index contributed by atoms with van der Waals surface area (Å²) in [7, 11) is 0. The van der Waals surface area contributed by atoms with Crippen LogP contribution in [-0.4, -0.2) is 60.4 Å². The van der Waals surface area contributed by atoms with Crippen LogP contribution in [0.5, 0.6) is 5.75 Å². The number of ether oxygens (including phenoxy) is 1. The highest BCUT2D eigenvalue weighted by Gasteiger charge is 2.36. The number of likely N-dealkylation sites (tertiary alicyclic amines) is 2. The zero-order valence-electron chi connectivity index (χ0n) is 15.9. The molecule has 2 aliphatic rings. The first-order valence-electron chi connectivity index (χ1n) is 9.54. The molecule has 2 heterocycles. The third kappa shape index (κ3) is 5.36. The highest BCUT2D eigenvalue weighted by Crippen LogP contribution is 2.27. The molecule has 0 bridgehead atoms. The Hall–Kier alpha value is -1.79. The Morgan fingerprint density at radius 1 is 1.19 bits per heavy atom. The van der Waals surface area contributed by atoms with Gasteiger partial charge in [-0.2, -0.15) is 0 Å². The molecule has 0 aliphatic carbocycles. The number of nitrogens with zero attached hydrogens (tertiary/aromatic N) is 2. The molecule has 0 saturated carbocycles. The molecule has 2 aliphatic heterocycles. The number of carbonyl (C=O) groups is 2. The van der Waals surface area contributed by atoms with Crippen LogP contribution < -0.4 is 10.5 Å². The van der Waals surface area contributed by atoms with Gasteiger partial charge in [0.25, 0.3) is 5.91 Å². The Bertz CT molecular complexity index is 620. The van der Waals surface area contributed by atoms with Gasteiger partial charge in [0.15, 0.2) is 6.61 Å². The zero-order valence-corrected chi connectivity index (χ0v) is 16.7. The first-order valence-corrected chi connectivity index (χ1v) is 9.54. The van der Waals surface area contributed by atoms with E-state index in [-0.39, 0.29) is 42.8 Å². The van der Waals surface area contributed by atoms with Gasteiger partial charge in [-0.15, -0.1) is 12.4 Å². The minimum absolute atomic E-state index is 0. The molecule has 6 nitrogen and oxygen atoms in total. The van der Waals surface area contributed by atoms with Crippen molar-refractivity contribution in [3.8, 4) is 5.75 Å². The van der Waals surface area contributed by atoms with Crippen molar-refractivity contribution >= 4 is 24.2 Å². The molecule has 2 fully saturated rings. The molecule has 7 heteroatoms. The monoisotopic (exact) mass is 395 g/mol. The number of para-hydroxylation sites is 1. The maximum Gasteiger partial charge on any atom is 0.260 e. The van der Waals surface area contributed by atoms with E-state index in [1.165, 1.54) is 0 Å². The smallest absolute Gasteiger partial charge is 0.260 e. The Labute approximate surface area is 167 Å². The topological polar surface area (TPSA) is 75.9 Å². The van der Waals surface area contributed by atoms with E-state index in [2.05, 4.69) is 6.92 Å². The van der Waals surface area contributed by atoms with Gasteiger partial charge in [0.05, 0.1) is 0 Å². The molecule has 2 unspecified atom stereocenters. The molecule has 27 heavy (non-hydrogen) atoms. The predicted octanol–water partition coefficient (Wildman–Crippen LogP) is 1.92. The van der Waals surface area contributed by atoms with Gasteiger partial charge in [-0.3, -0.25) is 9.59 Å². The number of rotatable bonds is 5. The van der Waals surface area contributed by atoms with Crippen molar-refractivity contribution in [2.24, 2.45) is 17.6 Å². The summed E-state index contributed by atoms with van der Waals surface area (Å²) < 4.78 is 5.54. The second-order valence-electron chi connectivity index (χ2n) is 7.43. The van der Waals surface area contributed by atoms with Crippen LogP contribution in [0.15, 0.2) is 30.3 Å². The second-order valence-corrected chi connectivity index (χ2v) is 7.43. The summed E-state index contributed by atoms with van der Waals surface area (Å²) in [5.41, 5.74) is 5.76. The molecule has 0 spiro atoms. The van der Waals surface area contributed by atoms with Gasteiger partial charge < -0.3 is 20.3 Å².